The number of nitrogens with one attached hydrogen (secondary N) is 1. The normalized spacial score (nSPS) is 14.4. The maximum absolute atomic E-state index is 14.4. The van der Waals surface area contributed by atoms with E-state index in [1.165, 1.54) is 30.5 Å². The van der Waals surface area contributed by atoms with Gasteiger partial charge < -0.3 is 15.2 Å². The lowest BCUT2D eigenvalue weighted by atomic mass is 10.1. The first-order valence-corrected chi connectivity index (χ1v) is 10.9. The third-order valence-electron chi connectivity index (χ3n) is 5.56. The molecule has 10 heteroatoms. The van der Waals surface area contributed by atoms with Crippen molar-refractivity contribution in [1.29, 1.82) is 0 Å². The van der Waals surface area contributed by atoms with Crippen molar-refractivity contribution in [1.82, 2.24) is 15.2 Å². The van der Waals surface area contributed by atoms with E-state index in [1.54, 1.807) is 18.2 Å². The smallest absolute Gasteiger partial charge is 0.416 e. The number of amides is 1. The molecule has 0 atom stereocenters. The van der Waals surface area contributed by atoms with Crippen molar-refractivity contribution >= 4 is 5.91 Å². The van der Waals surface area contributed by atoms with E-state index in [1.807, 2.05) is 0 Å². The number of carbonyl (C=O) groups is 1. The first-order chi connectivity index (χ1) is 16.7. The van der Waals surface area contributed by atoms with E-state index >= 15 is 0 Å². The fourth-order valence-electron chi connectivity index (χ4n) is 3.72. The maximum Gasteiger partial charge on any atom is 0.416 e. The molecule has 0 unspecified atom stereocenters. The molecule has 1 aromatic heterocycles. The molecule has 4 rings (SSSR count). The molecule has 1 saturated heterocycles. The third kappa shape index (κ3) is 6.14. The van der Waals surface area contributed by atoms with E-state index < -0.39 is 23.5 Å². The van der Waals surface area contributed by atoms with Gasteiger partial charge in [0, 0.05) is 31.7 Å². The summed E-state index contributed by atoms with van der Waals surface area (Å²) >= 11 is 0. The summed E-state index contributed by atoms with van der Waals surface area (Å²) in [6, 6.07) is 12.7. The average molecular weight is 489 g/mol. The predicted octanol–water partition coefficient (Wildman–Crippen LogP) is 3.89. The first-order valence-electron chi connectivity index (χ1n) is 10.9. The molecule has 0 spiro atoms. The molecule has 0 saturated carbocycles. The monoisotopic (exact) mass is 489 g/mol. The van der Waals surface area contributed by atoms with Gasteiger partial charge in [-0.1, -0.05) is 18.2 Å². The van der Waals surface area contributed by atoms with Crippen LogP contribution in [0, 0.1) is 5.82 Å². The molecule has 2 heterocycles. The number of carbonyl (C=O) groups excluding carboxylic acids is 1. The zero-order valence-electron chi connectivity index (χ0n) is 18.6. The van der Waals surface area contributed by atoms with Crippen LogP contribution in [0.3, 0.4) is 0 Å². The van der Waals surface area contributed by atoms with Crippen molar-refractivity contribution < 1.29 is 32.2 Å². The first kappa shape index (κ1) is 24.6. The van der Waals surface area contributed by atoms with Crippen molar-refractivity contribution in [3.63, 3.8) is 0 Å². The number of aromatic nitrogens is 1. The Bertz CT molecular complexity index is 1160. The van der Waals surface area contributed by atoms with Gasteiger partial charge in [-0.3, -0.25) is 14.7 Å². The van der Waals surface area contributed by atoms with E-state index in [0.29, 0.717) is 36.6 Å². The summed E-state index contributed by atoms with van der Waals surface area (Å²) in [6.45, 7) is 1.61. The number of rotatable bonds is 8. The zero-order valence-corrected chi connectivity index (χ0v) is 18.6. The molecule has 2 N–H and O–H groups in total. The molecule has 0 radical (unpaired) electrons. The minimum atomic E-state index is -4.34. The summed E-state index contributed by atoms with van der Waals surface area (Å²) in [4.78, 5) is 18.3. The van der Waals surface area contributed by atoms with E-state index in [2.05, 4.69) is 15.2 Å². The maximum atomic E-state index is 14.4. The second-order valence-electron chi connectivity index (χ2n) is 8.18. The second kappa shape index (κ2) is 10.4. The molecule has 1 amide bonds. The van der Waals surface area contributed by atoms with Crippen LogP contribution in [0.25, 0.3) is 11.3 Å². The number of likely N-dealkylation sites (tertiary alicyclic amines) is 1. The van der Waals surface area contributed by atoms with Crippen molar-refractivity contribution in [2.75, 3.05) is 26.2 Å². The van der Waals surface area contributed by atoms with Crippen LogP contribution in [-0.2, 0) is 12.7 Å². The highest BCUT2D eigenvalue weighted by Crippen LogP contribution is 2.30. The number of hydrogen-bond acceptors (Lipinski definition) is 5. The van der Waals surface area contributed by atoms with Gasteiger partial charge in [0.25, 0.3) is 5.91 Å². The van der Waals surface area contributed by atoms with Gasteiger partial charge in [-0.25, -0.2) is 4.39 Å². The number of aliphatic hydroxyl groups is 1. The number of alkyl halides is 3. The topological polar surface area (TPSA) is 74.7 Å². The van der Waals surface area contributed by atoms with Crippen molar-refractivity contribution in [2.45, 2.75) is 18.8 Å². The van der Waals surface area contributed by atoms with E-state index in [0.717, 1.165) is 17.7 Å². The Labute approximate surface area is 199 Å². The number of aliphatic hydroxyl groups excluding tert-OH is 1. The Balaban J connectivity index is 1.28. The number of pyridine rings is 1. The standard InChI is InChI=1S/C25H23F4N3O3/c26-22-11-17(3-7-21(22)24(34)30-9-10-33)23-8-6-19(12-31-23)35-20-14-32(15-20)13-16-1-4-18(5-2-16)25(27,28)29/h1-8,11-12,20,33H,9-10,13-15H2,(H,30,34). The van der Waals surface area contributed by atoms with Crippen LogP contribution >= 0.6 is 0 Å². The minimum Gasteiger partial charge on any atom is -0.486 e. The Morgan fingerprint density at radius 3 is 2.46 bits per heavy atom. The lowest BCUT2D eigenvalue weighted by Gasteiger charge is -2.39. The fourth-order valence-corrected chi connectivity index (χ4v) is 3.72. The molecule has 3 aromatic rings. The third-order valence-corrected chi connectivity index (χ3v) is 5.56. The number of ether oxygens (including phenoxy) is 1. The summed E-state index contributed by atoms with van der Waals surface area (Å²) in [5.41, 5.74) is 1.03. The summed E-state index contributed by atoms with van der Waals surface area (Å²) in [5, 5.41) is 11.2. The van der Waals surface area contributed by atoms with Crippen molar-refractivity contribution in [3.05, 3.63) is 83.3 Å². The van der Waals surface area contributed by atoms with Crippen LogP contribution in [0.1, 0.15) is 21.5 Å². The van der Waals surface area contributed by atoms with Crippen LogP contribution in [0.15, 0.2) is 60.8 Å². The highest BCUT2D eigenvalue weighted by Gasteiger charge is 2.31. The predicted molar refractivity (Wildman–Crippen MR) is 120 cm³/mol. The molecule has 1 aliphatic rings. The van der Waals surface area contributed by atoms with Crippen LogP contribution in [0.2, 0.25) is 0 Å². The van der Waals surface area contributed by atoms with Crippen LogP contribution in [-0.4, -0.2) is 53.2 Å². The Morgan fingerprint density at radius 1 is 1.11 bits per heavy atom. The number of halogens is 4. The van der Waals surface area contributed by atoms with Gasteiger partial charge in [-0.05, 0) is 42.0 Å². The highest BCUT2D eigenvalue weighted by atomic mass is 19.4. The van der Waals surface area contributed by atoms with Crippen LogP contribution in [0.4, 0.5) is 17.6 Å². The van der Waals surface area contributed by atoms with E-state index in [4.69, 9.17) is 9.84 Å². The van der Waals surface area contributed by atoms with E-state index in [9.17, 15) is 22.4 Å². The largest absolute Gasteiger partial charge is 0.486 e. The van der Waals surface area contributed by atoms with Gasteiger partial charge in [0.05, 0.1) is 29.6 Å². The molecule has 2 aromatic carbocycles. The van der Waals surface area contributed by atoms with Crippen LogP contribution in [0.5, 0.6) is 5.75 Å². The molecule has 6 nitrogen and oxygen atoms in total. The minimum absolute atomic E-state index is 0.0385. The SMILES string of the molecule is O=C(NCCO)c1ccc(-c2ccc(OC3CN(Cc4ccc(C(F)(F)F)cc4)C3)cn2)cc1F. The molecular formula is C25H23F4N3O3. The molecule has 0 bridgehead atoms. The zero-order chi connectivity index (χ0) is 25.0. The summed E-state index contributed by atoms with van der Waals surface area (Å²) in [6.07, 6.45) is -2.87. The average Bonchev–Trinajstić information content (AvgIpc) is 2.81. The molecule has 184 valence electrons. The van der Waals surface area contributed by atoms with Crippen molar-refractivity contribution in [3.8, 4) is 17.0 Å². The summed E-state index contributed by atoms with van der Waals surface area (Å²) in [5.74, 6) is -0.747. The molecule has 1 aliphatic heterocycles. The van der Waals surface area contributed by atoms with Gasteiger partial charge in [-0.15, -0.1) is 0 Å². The fraction of sp³-hybridized carbons (Fsp3) is 0.280. The highest BCUT2D eigenvalue weighted by molar-refractivity contribution is 5.94. The summed E-state index contributed by atoms with van der Waals surface area (Å²) in [7, 11) is 0. The molecular weight excluding hydrogens is 466 g/mol. The Morgan fingerprint density at radius 2 is 1.86 bits per heavy atom. The number of benzene rings is 2. The molecule has 0 aliphatic carbocycles. The van der Waals surface area contributed by atoms with Gasteiger partial charge >= 0.3 is 6.18 Å². The number of nitrogens with zero attached hydrogens (tertiary/aromatic N) is 2. The summed E-state index contributed by atoms with van der Waals surface area (Å²) < 4.78 is 58.2. The van der Waals surface area contributed by atoms with Gasteiger partial charge in [-0.2, -0.15) is 13.2 Å². The van der Waals surface area contributed by atoms with E-state index in [-0.39, 0.29) is 24.8 Å². The Kier molecular flexibility index (Phi) is 7.32. The molecule has 1 fully saturated rings. The lowest BCUT2D eigenvalue weighted by molar-refractivity contribution is -0.137. The molecule has 35 heavy (non-hydrogen) atoms. The van der Waals surface area contributed by atoms with Gasteiger partial charge in [0.2, 0.25) is 0 Å². The van der Waals surface area contributed by atoms with Crippen molar-refractivity contribution in [2.24, 2.45) is 0 Å². The number of hydrogen-bond donors (Lipinski definition) is 2. The Hall–Kier alpha value is -3.50. The second-order valence-corrected chi connectivity index (χ2v) is 8.18. The quantitative estimate of drug-likeness (QED) is 0.470. The van der Waals surface area contributed by atoms with Gasteiger partial charge in [0.15, 0.2) is 0 Å². The lowest BCUT2D eigenvalue weighted by Crippen LogP contribution is -2.53. The van der Waals surface area contributed by atoms with Gasteiger partial charge in [0.1, 0.15) is 17.7 Å². The van der Waals surface area contributed by atoms with Crippen LogP contribution < -0.4 is 10.1 Å².